The highest BCUT2D eigenvalue weighted by Crippen LogP contribution is 2.26. The smallest absolute Gasteiger partial charge is 0.257 e. The lowest BCUT2D eigenvalue weighted by Gasteiger charge is -2.07. The van der Waals surface area contributed by atoms with Crippen LogP contribution in [0.4, 0.5) is 5.69 Å². The minimum atomic E-state index is -0.303. The van der Waals surface area contributed by atoms with E-state index in [0.29, 0.717) is 26.8 Å². The van der Waals surface area contributed by atoms with E-state index in [1.54, 1.807) is 36.4 Å². The van der Waals surface area contributed by atoms with Gasteiger partial charge in [-0.15, -0.1) is 0 Å². The van der Waals surface area contributed by atoms with Gasteiger partial charge in [0.1, 0.15) is 0 Å². The molecule has 112 valence electrons. The quantitative estimate of drug-likeness (QED) is 0.663. The van der Waals surface area contributed by atoms with Crippen molar-refractivity contribution in [3.63, 3.8) is 0 Å². The Bertz CT molecular complexity index is 863. The molecule has 0 aliphatic rings. The fourth-order valence-corrected chi connectivity index (χ4v) is 2.88. The van der Waals surface area contributed by atoms with Gasteiger partial charge in [-0.3, -0.25) is 4.79 Å². The molecule has 0 aliphatic heterocycles. The predicted molar refractivity (Wildman–Crippen MR) is 92.3 cm³/mol. The minimum absolute atomic E-state index is 0.303. The zero-order chi connectivity index (χ0) is 15.7. The highest BCUT2D eigenvalue weighted by molar-refractivity contribution is 7.98. The number of benzene rings is 2. The molecule has 0 aliphatic carbocycles. The largest absolute Gasteiger partial charge is 0.333 e. The normalized spacial score (nSPS) is 10.9. The van der Waals surface area contributed by atoms with Gasteiger partial charge in [0.05, 0.1) is 21.6 Å². The van der Waals surface area contributed by atoms with Gasteiger partial charge < -0.3 is 10.3 Å². The van der Waals surface area contributed by atoms with Crippen molar-refractivity contribution < 1.29 is 4.79 Å². The second-order valence-corrected chi connectivity index (χ2v) is 6.20. The Labute approximate surface area is 141 Å². The Morgan fingerprint density at radius 1 is 1.27 bits per heavy atom. The van der Waals surface area contributed by atoms with E-state index in [2.05, 4.69) is 15.3 Å². The van der Waals surface area contributed by atoms with Crippen molar-refractivity contribution in [1.29, 1.82) is 0 Å². The summed E-state index contributed by atoms with van der Waals surface area (Å²) in [5, 5.41) is 4.47. The maximum atomic E-state index is 12.4. The van der Waals surface area contributed by atoms with E-state index in [-0.39, 0.29) is 5.91 Å². The van der Waals surface area contributed by atoms with Gasteiger partial charge in [0.25, 0.3) is 5.91 Å². The number of imidazole rings is 1. The van der Waals surface area contributed by atoms with Crippen LogP contribution in [0.15, 0.2) is 41.6 Å². The second-order valence-electron chi connectivity index (χ2n) is 4.56. The van der Waals surface area contributed by atoms with Crippen LogP contribution in [0.3, 0.4) is 0 Å². The Balaban J connectivity index is 1.94. The molecule has 0 unspecified atom stereocenters. The SMILES string of the molecule is CSc1nc2cc(C(=O)Nc3cccc(Cl)c3)c(Cl)cc2[nH]1. The van der Waals surface area contributed by atoms with E-state index in [9.17, 15) is 4.79 Å². The summed E-state index contributed by atoms with van der Waals surface area (Å²) in [6.45, 7) is 0. The third-order valence-electron chi connectivity index (χ3n) is 3.07. The van der Waals surface area contributed by atoms with Gasteiger partial charge in [0.15, 0.2) is 5.16 Å². The molecular weight excluding hydrogens is 341 g/mol. The van der Waals surface area contributed by atoms with Crippen molar-refractivity contribution in [2.24, 2.45) is 0 Å². The maximum Gasteiger partial charge on any atom is 0.257 e. The Hall–Kier alpha value is -1.69. The predicted octanol–water partition coefficient (Wildman–Crippen LogP) is 4.84. The molecule has 0 atom stereocenters. The van der Waals surface area contributed by atoms with Crippen molar-refractivity contribution in [2.45, 2.75) is 5.16 Å². The first kappa shape index (κ1) is 15.2. The first-order valence-corrected chi connectivity index (χ1v) is 8.35. The number of anilines is 1. The number of aromatic nitrogens is 2. The monoisotopic (exact) mass is 351 g/mol. The number of carbonyl (C=O) groups excluding carboxylic acids is 1. The number of aromatic amines is 1. The highest BCUT2D eigenvalue weighted by Gasteiger charge is 2.14. The summed E-state index contributed by atoms with van der Waals surface area (Å²) in [5.74, 6) is -0.303. The summed E-state index contributed by atoms with van der Waals surface area (Å²) in [6, 6.07) is 10.3. The molecule has 0 saturated carbocycles. The fraction of sp³-hybridized carbons (Fsp3) is 0.0667. The Morgan fingerprint density at radius 2 is 2.09 bits per heavy atom. The first-order valence-electron chi connectivity index (χ1n) is 6.37. The summed E-state index contributed by atoms with van der Waals surface area (Å²) < 4.78 is 0. The van der Waals surface area contributed by atoms with Gasteiger partial charge in [-0.2, -0.15) is 0 Å². The molecular formula is C15H11Cl2N3OS. The van der Waals surface area contributed by atoms with Crippen LogP contribution in [0.1, 0.15) is 10.4 Å². The van der Waals surface area contributed by atoms with Crippen LogP contribution in [0, 0.1) is 0 Å². The van der Waals surface area contributed by atoms with Crippen molar-refractivity contribution in [3.8, 4) is 0 Å². The summed E-state index contributed by atoms with van der Waals surface area (Å²) in [7, 11) is 0. The number of thioether (sulfide) groups is 1. The molecule has 7 heteroatoms. The van der Waals surface area contributed by atoms with E-state index in [0.717, 1.165) is 10.7 Å². The van der Waals surface area contributed by atoms with E-state index >= 15 is 0 Å². The van der Waals surface area contributed by atoms with Crippen molar-refractivity contribution in [2.75, 3.05) is 11.6 Å². The number of hydrogen-bond donors (Lipinski definition) is 2. The van der Waals surface area contributed by atoms with Crippen LogP contribution in [-0.4, -0.2) is 22.1 Å². The average Bonchev–Trinajstić information content (AvgIpc) is 2.88. The molecule has 3 rings (SSSR count). The van der Waals surface area contributed by atoms with Gasteiger partial charge in [0.2, 0.25) is 0 Å². The van der Waals surface area contributed by atoms with Gasteiger partial charge in [-0.05, 0) is 36.6 Å². The molecule has 0 radical (unpaired) electrons. The van der Waals surface area contributed by atoms with Crippen molar-refractivity contribution in [3.05, 3.63) is 52.0 Å². The zero-order valence-corrected chi connectivity index (χ0v) is 13.8. The second kappa shape index (κ2) is 6.20. The number of carbonyl (C=O) groups is 1. The van der Waals surface area contributed by atoms with Crippen molar-refractivity contribution >= 4 is 57.6 Å². The fourth-order valence-electron chi connectivity index (χ4n) is 2.04. The summed E-state index contributed by atoms with van der Waals surface area (Å²) >= 11 is 13.6. The molecule has 0 spiro atoms. The van der Waals surface area contributed by atoms with Crippen LogP contribution >= 0.6 is 35.0 Å². The number of H-pyrrole nitrogens is 1. The van der Waals surface area contributed by atoms with E-state index in [4.69, 9.17) is 23.2 Å². The number of rotatable bonds is 3. The number of hydrogen-bond acceptors (Lipinski definition) is 3. The number of amides is 1. The topological polar surface area (TPSA) is 57.8 Å². The summed E-state index contributed by atoms with van der Waals surface area (Å²) in [6.07, 6.45) is 1.92. The van der Waals surface area contributed by atoms with Crippen LogP contribution < -0.4 is 5.32 Å². The van der Waals surface area contributed by atoms with Gasteiger partial charge in [0, 0.05) is 10.7 Å². The third-order valence-corrected chi connectivity index (χ3v) is 4.20. The number of halogens is 2. The minimum Gasteiger partial charge on any atom is -0.333 e. The lowest BCUT2D eigenvalue weighted by Crippen LogP contribution is -2.12. The average molecular weight is 352 g/mol. The third kappa shape index (κ3) is 3.06. The van der Waals surface area contributed by atoms with Crippen molar-refractivity contribution in [1.82, 2.24) is 9.97 Å². The number of nitrogens with zero attached hydrogens (tertiary/aromatic N) is 1. The molecule has 4 nitrogen and oxygen atoms in total. The molecule has 0 saturated heterocycles. The van der Waals surface area contributed by atoms with Gasteiger partial charge >= 0.3 is 0 Å². The van der Waals surface area contributed by atoms with E-state index < -0.39 is 0 Å². The molecule has 0 fully saturated rings. The van der Waals surface area contributed by atoms with Crippen LogP contribution in [0.5, 0.6) is 0 Å². The summed E-state index contributed by atoms with van der Waals surface area (Å²) in [4.78, 5) is 19.9. The molecule has 22 heavy (non-hydrogen) atoms. The van der Waals surface area contributed by atoms with E-state index in [1.807, 2.05) is 6.26 Å². The summed E-state index contributed by atoms with van der Waals surface area (Å²) in [5.41, 5.74) is 2.48. The van der Waals surface area contributed by atoms with Crippen LogP contribution in [0.25, 0.3) is 11.0 Å². The molecule has 0 bridgehead atoms. The van der Waals surface area contributed by atoms with Crippen LogP contribution in [-0.2, 0) is 0 Å². The molecule has 1 heterocycles. The molecule has 2 N–H and O–H groups in total. The highest BCUT2D eigenvalue weighted by atomic mass is 35.5. The van der Waals surface area contributed by atoms with E-state index in [1.165, 1.54) is 11.8 Å². The zero-order valence-electron chi connectivity index (χ0n) is 11.5. The number of nitrogens with one attached hydrogen (secondary N) is 2. The number of fused-ring (bicyclic) bond motifs is 1. The molecule has 3 aromatic rings. The van der Waals surface area contributed by atoms with Crippen LogP contribution in [0.2, 0.25) is 10.0 Å². The Morgan fingerprint density at radius 3 is 2.82 bits per heavy atom. The van der Waals surface area contributed by atoms with Gasteiger partial charge in [-0.1, -0.05) is 41.0 Å². The standard InChI is InChI=1S/C15H11Cl2N3OS/c1-22-15-19-12-6-10(11(17)7-13(12)20-15)14(21)18-9-4-2-3-8(16)5-9/h2-7H,1H3,(H,18,21)(H,19,20). The Kier molecular flexibility index (Phi) is 4.29. The molecule has 2 aromatic carbocycles. The lowest BCUT2D eigenvalue weighted by atomic mass is 10.2. The maximum absolute atomic E-state index is 12.4. The molecule has 1 aromatic heterocycles. The first-order chi connectivity index (χ1) is 10.6. The molecule has 1 amide bonds. The lowest BCUT2D eigenvalue weighted by molar-refractivity contribution is 0.102. The van der Waals surface area contributed by atoms with Gasteiger partial charge in [-0.25, -0.2) is 4.98 Å².